The molecule has 132 valence electrons. The molecule has 0 fully saturated rings. The minimum absolute atomic E-state index is 0.310. The zero-order valence-electron chi connectivity index (χ0n) is 14.4. The molecule has 0 saturated carbocycles. The molecule has 1 unspecified atom stereocenters. The summed E-state index contributed by atoms with van der Waals surface area (Å²) in [6.07, 6.45) is 0. The van der Waals surface area contributed by atoms with Gasteiger partial charge in [0.1, 0.15) is 0 Å². The first-order chi connectivity index (χ1) is 11.9. The highest BCUT2D eigenvalue weighted by Crippen LogP contribution is 2.26. The molecule has 0 saturated heterocycles. The molecule has 2 aromatic carbocycles. The van der Waals surface area contributed by atoms with Crippen LogP contribution in [0.3, 0.4) is 0 Å². The lowest BCUT2D eigenvalue weighted by molar-refractivity contribution is -0.142. The molecule has 0 bridgehead atoms. The predicted molar refractivity (Wildman–Crippen MR) is 92.9 cm³/mol. The third-order valence-electron chi connectivity index (χ3n) is 3.94. The monoisotopic (exact) mass is 343 g/mol. The molecule has 0 spiro atoms. The number of rotatable bonds is 7. The lowest BCUT2D eigenvalue weighted by Crippen LogP contribution is -2.37. The van der Waals surface area contributed by atoms with Crippen molar-refractivity contribution in [1.82, 2.24) is 5.32 Å². The molecule has 0 aliphatic carbocycles. The SMILES string of the molecule is COc1ccccc1OCC(=O)NC(C(=O)O)c1cccc(C)c1C. The quantitative estimate of drug-likeness (QED) is 0.807. The van der Waals surface area contributed by atoms with E-state index < -0.39 is 17.9 Å². The number of carbonyl (C=O) groups is 2. The Balaban J connectivity index is 2.08. The third-order valence-corrected chi connectivity index (χ3v) is 3.94. The molecule has 0 aliphatic rings. The fourth-order valence-electron chi connectivity index (χ4n) is 2.44. The van der Waals surface area contributed by atoms with Crippen molar-refractivity contribution in [2.45, 2.75) is 19.9 Å². The van der Waals surface area contributed by atoms with Gasteiger partial charge in [0.25, 0.3) is 5.91 Å². The number of nitrogens with one attached hydrogen (secondary N) is 1. The lowest BCUT2D eigenvalue weighted by atomic mass is 9.97. The van der Waals surface area contributed by atoms with Crippen LogP contribution in [0, 0.1) is 13.8 Å². The van der Waals surface area contributed by atoms with E-state index in [9.17, 15) is 14.7 Å². The number of benzene rings is 2. The van der Waals surface area contributed by atoms with Gasteiger partial charge < -0.3 is 19.9 Å². The maximum Gasteiger partial charge on any atom is 0.330 e. The maximum atomic E-state index is 12.2. The first kappa shape index (κ1) is 18.3. The van der Waals surface area contributed by atoms with Crippen LogP contribution in [0.1, 0.15) is 22.7 Å². The van der Waals surface area contributed by atoms with Gasteiger partial charge in [0.05, 0.1) is 7.11 Å². The van der Waals surface area contributed by atoms with Crippen LogP contribution >= 0.6 is 0 Å². The minimum atomic E-state index is -1.13. The Bertz CT molecular complexity index is 772. The van der Waals surface area contributed by atoms with Crippen molar-refractivity contribution in [2.75, 3.05) is 13.7 Å². The van der Waals surface area contributed by atoms with Gasteiger partial charge in [0.2, 0.25) is 0 Å². The van der Waals surface area contributed by atoms with E-state index in [1.807, 2.05) is 19.9 Å². The summed E-state index contributed by atoms with van der Waals surface area (Å²) in [7, 11) is 1.50. The van der Waals surface area contributed by atoms with Gasteiger partial charge >= 0.3 is 5.97 Å². The topological polar surface area (TPSA) is 84.9 Å². The Labute approximate surface area is 146 Å². The van der Waals surface area contributed by atoms with Crippen LogP contribution in [0.4, 0.5) is 0 Å². The smallest absolute Gasteiger partial charge is 0.330 e. The molecule has 0 radical (unpaired) electrons. The molecule has 2 N–H and O–H groups in total. The van der Waals surface area contributed by atoms with Gasteiger partial charge in [-0.2, -0.15) is 0 Å². The number of aliphatic carboxylic acids is 1. The first-order valence-corrected chi connectivity index (χ1v) is 7.78. The van der Waals surface area contributed by atoms with E-state index in [1.54, 1.807) is 36.4 Å². The predicted octanol–water partition coefficient (Wildman–Crippen LogP) is 2.63. The number of para-hydroxylation sites is 2. The van der Waals surface area contributed by atoms with Crippen LogP contribution in [0.25, 0.3) is 0 Å². The van der Waals surface area contributed by atoms with Crippen LogP contribution in [0.2, 0.25) is 0 Å². The molecule has 0 aromatic heterocycles. The van der Waals surface area contributed by atoms with Gasteiger partial charge in [-0.25, -0.2) is 4.79 Å². The van der Waals surface area contributed by atoms with E-state index in [0.29, 0.717) is 17.1 Å². The molecule has 1 atom stereocenters. The lowest BCUT2D eigenvalue weighted by Gasteiger charge is -2.18. The highest BCUT2D eigenvalue weighted by atomic mass is 16.5. The van der Waals surface area contributed by atoms with Crippen molar-refractivity contribution >= 4 is 11.9 Å². The van der Waals surface area contributed by atoms with Crippen molar-refractivity contribution in [3.8, 4) is 11.5 Å². The number of hydrogen-bond donors (Lipinski definition) is 2. The standard InChI is InChI=1S/C19H21NO5/c1-12-7-6-8-14(13(12)2)18(19(22)23)20-17(21)11-25-16-10-5-4-9-15(16)24-3/h4-10,18H,11H2,1-3H3,(H,20,21)(H,22,23). The average molecular weight is 343 g/mol. The minimum Gasteiger partial charge on any atom is -0.493 e. The fraction of sp³-hybridized carbons (Fsp3) is 0.263. The number of amides is 1. The zero-order valence-corrected chi connectivity index (χ0v) is 14.4. The molecule has 0 heterocycles. The molecule has 2 rings (SSSR count). The van der Waals surface area contributed by atoms with Gasteiger partial charge in [0, 0.05) is 0 Å². The number of carboxylic acids is 1. The molecule has 6 heteroatoms. The fourth-order valence-corrected chi connectivity index (χ4v) is 2.44. The van der Waals surface area contributed by atoms with E-state index in [2.05, 4.69) is 5.32 Å². The van der Waals surface area contributed by atoms with Gasteiger partial charge in [-0.3, -0.25) is 4.79 Å². The summed E-state index contributed by atoms with van der Waals surface area (Å²) < 4.78 is 10.6. The van der Waals surface area contributed by atoms with E-state index in [-0.39, 0.29) is 6.61 Å². The van der Waals surface area contributed by atoms with Crippen molar-refractivity contribution in [1.29, 1.82) is 0 Å². The second-order valence-electron chi connectivity index (χ2n) is 5.57. The average Bonchev–Trinajstić information content (AvgIpc) is 2.60. The molecule has 2 aromatic rings. The van der Waals surface area contributed by atoms with Gasteiger partial charge in [0.15, 0.2) is 24.1 Å². The van der Waals surface area contributed by atoms with Crippen molar-refractivity contribution in [3.63, 3.8) is 0 Å². The van der Waals surface area contributed by atoms with Gasteiger partial charge in [-0.15, -0.1) is 0 Å². The Morgan fingerprint density at radius 3 is 2.40 bits per heavy atom. The van der Waals surface area contributed by atoms with E-state index in [4.69, 9.17) is 9.47 Å². The summed E-state index contributed by atoms with van der Waals surface area (Å²) in [6, 6.07) is 11.2. The summed E-state index contributed by atoms with van der Waals surface area (Å²) in [5, 5.41) is 12.0. The summed E-state index contributed by atoms with van der Waals surface area (Å²) in [6.45, 7) is 3.41. The van der Waals surface area contributed by atoms with Crippen molar-refractivity contribution < 1.29 is 24.2 Å². The van der Waals surface area contributed by atoms with Crippen molar-refractivity contribution in [2.24, 2.45) is 0 Å². The highest BCUT2D eigenvalue weighted by molar-refractivity contribution is 5.85. The molecule has 25 heavy (non-hydrogen) atoms. The Hall–Kier alpha value is -3.02. The number of methoxy groups -OCH3 is 1. The third kappa shape index (κ3) is 4.50. The van der Waals surface area contributed by atoms with Crippen molar-refractivity contribution in [3.05, 3.63) is 59.2 Å². The van der Waals surface area contributed by atoms with Gasteiger partial charge in [-0.05, 0) is 42.7 Å². The molecule has 1 amide bonds. The second kappa shape index (κ2) is 8.19. The number of carboxylic acid groups (broad SMARTS) is 1. The number of ether oxygens (including phenoxy) is 2. The van der Waals surface area contributed by atoms with E-state index >= 15 is 0 Å². The Morgan fingerprint density at radius 2 is 1.76 bits per heavy atom. The van der Waals surface area contributed by atoms with Crippen LogP contribution < -0.4 is 14.8 Å². The Morgan fingerprint density at radius 1 is 1.08 bits per heavy atom. The number of carbonyl (C=O) groups excluding carboxylic acids is 1. The second-order valence-corrected chi connectivity index (χ2v) is 5.57. The highest BCUT2D eigenvalue weighted by Gasteiger charge is 2.24. The van der Waals surface area contributed by atoms with Crippen LogP contribution in [0.15, 0.2) is 42.5 Å². The van der Waals surface area contributed by atoms with E-state index in [0.717, 1.165) is 11.1 Å². The van der Waals surface area contributed by atoms with E-state index in [1.165, 1.54) is 7.11 Å². The summed E-state index contributed by atoms with van der Waals surface area (Å²) >= 11 is 0. The largest absolute Gasteiger partial charge is 0.493 e. The molecule has 6 nitrogen and oxygen atoms in total. The zero-order chi connectivity index (χ0) is 18.4. The van der Waals surface area contributed by atoms with Crippen LogP contribution in [-0.4, -0.2) is 30.7 Å². The van der Waals surface area contributed by atoms with Gasteiger partial charge in [-0.1, -0.05) is 30.3 Å². The Kier molecular flexibility index (Phi) is 6.00. The van der Waals surface area contributed by atoms with Crippen LogP contribution in [-0.2, 0) is 9.59 Å². The summed E-state index contributed by atoms with van der Waals surface area (Å²) in [4.78, 5) is 23.8. The number of aryl methyl sites for hydroxylation is 1. The molecular formula is C19H21NO5. The summed E-state index contributed by atoms with van der Waals surface area (Å²) in [5.74, 6) is -0.739. The van der Waals surface area contributed by atoms with Crippen LogP contribution in [0.5, 0.6) is 11.5 Å². The summed E-state index contributed by atoms with van der Waals surface area (Å²) in [5.41, 5.74) is 2.35. The molecular weight excluding hydrogens is 322 g/mol. The normalized spacial score (nSPS) is 11.5. The molecule has 0 aliphatic heterocycles. The first-order valence-electron chi connectivity index (χ1n) is 7.78. The number of hydrogen-bond acceptors (Lipinski definition) is 4. The maximum absolute atomic E-state index is 12.2.